The number of hydrogen-bond acceptors (Lipinski definition) is 5. The van der Waals surface area contributed by atoms with Crippen molar-refractivity contribution < 1.29 is 23.9 Å². The molecule has 0 bridgehead atoms. The van der Waals surface area contributed by atoms with Crippen molar-refractivity contribution in [1.82, 2.24) is 4.90 Å². The number of unbranched alkanes of at least 4 members (excludes halogenated alkanes) is 4. The van der Waals surface area contributed by atoms with E-state index in [-0.39, 0.29) is 25.0 Å². The van der Waals surface area contributed by atoms with Crippen LogP contribution in [0.25, 0.3) is 0 Å². The van der Waals surface area contributed by atoms with E-state index >= 15 is 0 Å². The molecule has 2 atom stereocenters. The van der Waals surface area contributed by atoms with Gasteiger partial charge >= 0.3 is 12.1 Å². The zero-order valence-electron chi connectivity index (χ0n) is 19.4. The van der Waals surface area contributed by atoms with Crippen molar-refractivity contribution in [3.05, 3.63) is 35.9 Å². The Labute approximate surface area is 186 Å². The van der Waals surface area contributed by atoms with Gasteiger partial charge in [-0.1, -0.05) is 69.4 Å². The van der Waals surface area contributed by atoms with E-state index in [4.69, 9.17) is 9.47 Å². The summed E-state index contributed by atoms with van der Waals surface area (Å²) in [6.45, 7) is 7.75. The van der Waals surface area contributed by atoms with Gasteiger partial charge in [-0.25, -0.2) is 9.69 Å². The van der Waals surface area contributed by atoms with Gasteiger partial charge in [0.05, 0.1) is 12.5 Å². The number of benzene rings is 1. The minimum Gasteiger partial charge on any atom is -0.460 e. The molecule has 1 saturated heterocycles. The van der Waals surface area contributed by atoms with Crippen LogP contribution in [0.3, 0.4) is 0 Å². The molecule has 1 fully saturated rings. The summed E-state index contributed by atoms with van der Waals surface area (Å²) in [6, 6.07) is 9.37. The summed E-state index contributed by atoms with van der Waals surface area (Å²) in [7, 11) is 0. The Hall–Kier alpha value is -2.37. The lowest BCUT2D eigenvalue weighted by molar-refractivity contribution is -0.158. The largest absolute Gasteiger partial charge is 0.460 e. The molecule has 0 spiro atoms. The molecule has 2 unspecified atom stereocenters. The second-order valence-electron chi connectivity index (χ2n) is 9.32. The van der Waals surface area contributed by atoms with Crippen molar-refractivity contribution in [3.8, 4) is 0 Å². The molecule has 0 radical (unpaired) electrons. The fourth-order valence-electron chi connectivity index (χ4n) is 3.86. The predicted molar refractivity (Wildman–Crippen MR) is 119 cm³/mol. The quantitative estimate of drug-likeness (QED) is 0.352. The summed E-state index contributed by atoms with van der Waals surface area (Å²) in [5, 5.41) is 0. The average molecular weight is 432 g/mol. The Morgan fingerprint density at radius 2 is 1.81 bits per heavy atom. The average Bonchev–Trinajstić information content (AvgIpc) is 3.05. The van der Waals surface area contributed by atoms with E-state index in [1.165, 1.54) is 4.90 Å². The molecular weight excluding hydrogens is 394 g/mol. The molecule has 0 aliphatic carbocycles. The standard InChI is InChI=1S/C25H37NO5/c1-5-6-7-8-12-15-20(17-22(27)31-25(2,3)4)23(28)26-21(18-30-24(26)29)16-19-13-10-9-11-14-19/h9-11,13-14,20-21H,5-8,12,15-18H2,1-4H3. The second-order valence-corrected chi connectivity index (χ2v) is 9.32. The number of carbonyl (C=O) groups excluding carboxylic acids is 3. The molecule has 1 heterocycles. The topological polar surface area (TPSA) is 72.9 Å². The molecule has 0 N–H and O–H groups in total. The van der Waals surface area contributed by atoms with E-state index in [9.17, 15) is 14.4 Å². The molecule has 6 nitrogen and oxygen atoms in total. The molecule has 0 aromatic heterocycles. The highest BCUT2D eigenvalue weighted by atomic mass is 16.6. The van der Waals surface area contributed by atoms with Crippen LogP contribution in [-0.4, -0.2) is 41.1 Å². The van der Waals surface area contributed by atoms with Gasteiger partial charge in [0.25, 0.3) is 0 Å². The predicted octanol–water partition coefficient (Wildman–Crippen LogP) is 5.29. The van der Waals surface area contributed by atoms with Gasteiger partial charge in [0.15, 0.2) is 0 Å². The van der Waals surface area contributed by atoms with Crippen LogP contribution in [0, 0.1) is 5.92 Å². The van der Waals surface area contributed by atoms with E-state index in [1.54, 1.807) is 20.8 Å². The number of imide groups is 1. The molecule has 6 heteroatoms. The lowest BCUT2D eigenvalue weighted by Crippen LogP contribution is -2.44. The zero-order chi connectivity index (χ0) is 22.9. The van der Waals surface area contributed by atoms with Crippen molar-refractivity contribution in [3.63, 3.8) is 0 Å². The SMILES string of the molecule is CCCCCCCC(CC(=O)OC(C)(C)C)C(=O)N1C(=O)OCC1Cc1ccccc1. The lowest BCUT2D eigenvalue weighted by Gasteiger charge is -2.26. The number of carbonyl (C=O) groups is 3. The minimum atomic E-state index is -0.619. The molecule has 1 aromatic rings. The van der Waals surface area contributed by atoms with Crippen LogP contribution < -0.4 is 0 Å². The number of hydrogen-bond donors (Lipinski definition) is 0. The van der Waals surface area contributed by atoms with Gasteiger partial charge in [-0.2, -0.15) is 0 Å². The van der Waals surface area contributed by atoms with Gasteiger partial charge in [0.2, 0.25) is 5.91 Å². The number of rotatable bonds is 11. The minimum absolute atomic E-state index is 0.0221. The highest BCUT2D eigenvalue weighted by molar-refractivity contribution is 5.96. The van der Waals surface area contributed by atoms with Gasteiger partial charge in [-0.15, -0.1) is 0 Å². The van der Waals surface area contributed by atoms with E-state index < -0.39 is 23.6 Å². The van der Waals surface area contributed by atoms with Gasteiger partial charge in [0, 0.05) is 5.92 Å². The fourth-order valence-corrected chi connectivity index (χ4v) is 3.86. The number of amides is 2. The summed E-state index contributed by atoms with van der Waals surface area (Å²) < 4.78 is 10.7. The van der Waals surface area contributed by atoms with Crippen LogP contribution in [0.15, 0.2) is 30.3 Å². The van der Waals surface area contributed by atoms with E-state index in [0.717, 1.165) is 37.7 Å². The zero-order valence-corrected chi connectivity index (χ0v) is 19.4. The van der Waals surface area contributed by atoms with Crippen LogP contribution in [0.4, 0.5) is 4.79 Å². The van der Waals surface area contributed by atoms with Gasteiger partial charge in [0.1, 0.15) is 12.2 Å². The monoisotopic (exact) mass is 431 g/mol. The Kier molecular flexibility index (Phi) is 9.53. The summed E-state index contributed by atoms with van der Waals surface area (Å²) in [5.74, 6) is -1.32. The molecule has 1 aliphatic heterocycles. The maximum absolute atomic E-state index is 13.4. The van der Waals surface area contributed by atoms with E-state index in [0.29, 0.717) is 12.8 Å². The molecule has 2 amide bonds. The third-order valence-electron chi connectivity index (χ3n) is 5.35. The van der Waals surface area contributed by atoms with Gasteiger partial charge < -0.3 is 9.47 Å². The Morgan fingerprint density at radius 1 is 1.13 bits per heavy atom. The van der Waals surface area contributed by atoms with Crippen LogP contribution in [0.2, 0.25) is 0 Å². The van der Waals surface area contributed by atoms with Gasteiger partial charge in [-0.05, 0) is 39.2 Å². The number of esters is 1. The first kappa shape index (κ1) is 24.9. The third-order valence-corrected chi connectivity index (χ3v) is 5.35. The van der Waals surface area contributed by atoms with Crippen molar-refractivity contribution in [2.45, 2.75) is 90.7 Å². The fraction of sp³-hybridized carbons (Fsp3) is 0.640. The second kappa shape index (κ2) is 11.9. The maximum Gasteiger partial charge on any atom is 0.416 e. The number of cyclic esters (lactones) is 1. The Balaban J connectivity index is 2.09. The van der Waals surface area contributed by atoms with Crippen molar-refractivity contribution in [2.75, 3.05) is 6.61 Å². The molecule has 31 heavy (non-hydrogen) atoms. The highest BCUT2D eigenvalue weighted by Crippen LogP contribution is 2.25. The first-order valence-electron chi connectivity index (χ1n) is 11.5. The normalized spacial score (nSPS) is 17.4. The smallest absolute Gasteiger partial charge is 0.416 e. The summed E-state index contributed by atoms with van der Waals surface area (Å²) in [4.78, 5) is 39.5. The van der Waals surface area contributed by atoms with E-state index in [2.05, 4.69) is 6.92 Å². The molecule has 0 saturated carbocycles. The molecule has 1 aliphatic rings. The Morgan fingerprint density at radius 3 is 2.45 bits per heavy atom. The summed E-state index contributed by atoms with van der Waals surface area (Å²) in [6.07, 6.45) is 5.69. The number of ether oxygens (including phenoxy) is 2. The van der Waals surface area contributed by atoms with Crippen LogP contribution >= 0.6 is 0 Å². The van der Waals surface area contributed by atoms with Crippen molar-refractivity contribution in [2.24, 2.45) is 5.92 Å². The van der Waals surface area contributed by atoms with Crippen LogP contribution in [0.5, 0.6) is 0 Å². The van der Waals surface area contributed by atoms with Gasteiger partial charge in [-0.3, -0.25) is 9.59 Å². The lowest BCUT2D eigenvalue weighted by atomic mass is 9.94. The van der Waals surface area contributed by atoms with Crippen molar-refractivity contribution >= 4 is 18.0 Å². The molecule has 2 rings (SSSR count). The van der Waals surface area contributed by atoms with Crippen LogP contribution in [0.1, 0.15) is 78.2 Å². The maximum atomic E-state index is 13.4. The molecular formula is C25H37NO5. The first-order chi connectivity index (χ1) is 14.7. The summed E-state index contributed by atoms with van der Waals surface area (Å²) in [5.41, 5.74) is 0.417. The third kappa shape index (κ3) is 8.35. The Bertz CT molecular complexity index is 725. The molecule has 1 aromatic carbocycles. The highest BCUT2D eigenvalue weighted by Gasteiger charge is 2.41. The number of nitrogens with zero attached hydrogens (tertiary/aromatic N) is 1. The first-order valence-corrected chi connectivity index (χ1v) is 11.5. The summed E-state index contributed by atoms with van der Waals surface area (Å²) >= 11 is 0. The van der Waals surface area contributed by atoms with Crippen LogP contribution in [-0.2, 0) is 25.5 Å². The molecule has 172 valence electrons. The van der Waals surface area contributed by atoms with Crippen molar-refractivity contribution in [1.29, 1.82) is 0 Å². The van der Waals surface area contributed by atoms with E-state index in [1.807, 2.05) is 30.3 Å².